The maximum atomic E-state index is 12.5. The third kappa shape index (κ3) is 5.20. The molecule has 140 valence electrons. The molecule has 0 spiro atoms. The first kappa shape index (κ1) is 20.2. The van der Waals surface area contributed by atoms with E-state index in [0.717, 1.165) is 0 Å². The molecule has 0 saturated carbocycles. The molecule has 1 amide bonds. The van der Waals surface area contributed by atoms with Gasteiger partial charge in [0.25, 0.3) is 15.9 Å². The summed E-state index contributed by atoms with van der Waals surface area (Å²) in [6, 6.07) is 12.1. The SMILES string of the molecule is CC(C)[C@H](O)CNC(=O)c1cccc(S(=O)(=O)Nc2ccccc2Cl)c1. The molecule has 0 unspecified atom stereocenters. The lowest BCUT2D eigenvalue weighted by Gasteiger charge is -2.15. The minimum atomic E-state index is -3.90. The Morgan fingerprint density at radius 1 is 1.15 bits per heavy atom. The molecule has 2 aromatic rings. The molecule has 0 bridgehead atoms. The van der Waals surface area contributed by atoms with E-state index in [-0.39, 0.29) is 33.6 Å². The van der Waals surface area contributed by atoms with Gasteiger partial charge in [-0.05, 0) is 36.2 Å². The van der Waals surface area contributed by atoms with E-state index in [2.05, 4.69) is 10.0 Å². The fraction of sp³-hybridized carbons (Fsp3) is 0.278. The molecule has 0 aliphatic carbocycles. The van der Waals surface area contributed by atoms with Crippen molar-refractivity contribution in [2.24, 2.45) is 5.92 Å². The van der Waals surface area contributed by atoms with Gasteiger partial charge in [0.1, 0.15) is 0 Å². The number of carbonyl (C=O) groups is 1. The Morgan fingerprint density at radius 2 is 1.85 bits per heavy atom. The van der Waals surface area contributed by atoms with Gasteiger partial charge in [-0.25, -0.2) is 8.42 Å². The van der Waals surface area contributed by atoms with E-state index in [0.29, 0.717) is 0 Å². The van der Waals surface area contributed by atoms with Crippen LogP contribution in [0.15, 0.2) is 53.4 Å². The highest BCUT2D eigenvalue weighted by molar-refractivity contribution is 7.92. The largest absolute Gasteiger partial charge is 0.391 e. The quantitative estimate of drug-likeness (QED) is 0.670. The lowest BCUT2D eigenvalue weighted by Crippen LogP contribution is -2.34. The zero-order chi connectivity index (χ0) is 19.3. The summed E-state index contributed by atoms with van der Waals surface area (Å²) in [6.07, 6.45) is -0.673. The fourth-order valence-electron chi connectivity index (χ4n) is 2.09. The molecule has 0 radical (unpaired) electrons. The first-order valence-corrected chi connectivity index (χ1v) is 9.90. The number of nitrogens with one attached hydrogen (secondary N) is 2. The van der Waals surface area contributed by atoms with Gasteiger partial charge in [0, 0.05) is 12.1 Å². The second kappa shape index (κ2) is 8.53. The monoisotopic (exact) mass is 396 g/mol. The Hall–Kier alpha value is -2.09. The van der Waals surface area contributed by atoms with Crippen molar-refractivity contribution in [2.45, 2.75) is 24.8 Å². The van der Waals surface area contributed by atoms with E-state index in [1.807, 2.05) is 13.8 Å². The lowest BCUT2D eigenvalue weighted by molar-refractivity contribution is 0.0871. The Balaban J connectivity index is 2.17. The van der Waals surface area contributed by atoms with Gasteiger partial charge < -0.3 is 10.4 Å². The summed E-state index contributed by atoms with van der Waals surface area (Å²) in [5, 5.41) is 12.6. The van der Waals surface area contributed by atoms with Crippen molar-refractivity contribution < 1.29 is 18.3 Å². The molecule has 26 heavy (non-hydrogen) atoms. The Morgan fingerprint density at radius 3 is 2.50 bits per heavy atom. The van der Waals surface area contributed by atoms with Crippen molar-refractivity contribution >= 4 is 33.2 Å². The number of rotatable bonds is 7. The Labute approximate surface area is 158 Å². The van der Waals surface area contributed by atoms with Crippen LogP contribution in [0.4, 0.5) is 5.69 Å². The van der Waals surface area contributed by atoms with Crippen LogP contribution in [-0.4, -0.2) is 32.1 Å². The Bertz CT molecular complexity index is 884. The summed E-state index contributed by atoms with van der Waals surface area (Å²) < 4.78 is 27.5. The molecule has 2 aromatic carbocycles. The van der Waals surface area contributed by atoms with Crippen LogP contribution in [0, 0.1) is 5.92 Å². The van der Waals surface area contributed by atoms with Crippen LogP contribution >= 0.6 is 11.6 Å². The maximum absolute atomic E-state index is 12.5. The summed E-state index contributed by atoms with van der Waals surface area (Å²) in [6.45, 7) is 3.76. The smallest absolute Gasteiger partial charge is 0.261 e. The van der Waals surface area contributed by atoms with Gasteiger partial charge in [0.05, 0.1) is 21.7 Å². The molecule has 1 atom stereocenters. The standard InChI is InChI=1S/C18H21ClN2O4S/c1-12(2)17(22)11-20-18(23)13-6-5-7-14(10-13)26(24,25)21-16-9-4-3-8-15(16)19/h3-10,12,17,21-22H,11H2,1-2H3,(H,20,23)/t17-/m1/s1. The lowest BCUT2D eigenvalue weighted by atomic mass is 10.1. The third-order valence-corrected chi connectivity index (χ3v) is 5.46. The van der Waals surface area contributed by atoms with Crippen LogP contribution in [0.3, 0.4) is 0 Å². The maximum Gasteiger partial charge on any atom is 0.261 e. The minimum Gasteiger partial charge on any atom is -0.391 e. The fourth-order valence-corrected chi connectivity index (χ4v) is 3.45. The van der Waals surface area contributed by atoms with Gasteiger partial charge in [-0.3, -0.25) is 9.52 Å². The van der Waals surface area contributed by atoms with Gasteiger partial charge in [0.2, 0.25) is 0 Å². The van der Waals surface area contributed by atoms with Crippen LogP contribution in [-0.2, 0) is 10.0 Å². The summed E-state index contributed by atoms with van der Waals surface area (Å²) >= 11 is 5.98. The van der Waals surface area contributed by atoms with Crippen molar-refractivity contribution in [1.82, 2.24) is 5.32 Å². The number of hydrogen-bond donors (Lipinski definition) is 3. The number of aliphatic hydroxyl groups excluding tert-OH is 1. The second-order valence-electron chi connectivity index (χ2n) is 6.13. The zero-order valence-electron chi connectivity index (χ0n) is 14.4. The topological polar surface area (TPSA) is 95.5 Å². The molecule has 2 rings (SSSR count). The normalized spacial score (nSPS) is 12.7. The van der Waals surface area contributed by atoms with Gasteiger partial charge in [-0.2, -0.15) is 0 Å². The number of benzene rings is 2. The highest BCUT2D eigenvalue weighted by Crippen LogP contribution is 2.24. The van der Waals surface area contributed by atoms with E-state index in [4.69, 9.17) is 11.6 Å². The van der Waals surface area contributed by atoms with E-state index < -0.39 is 22.0 Å². The average Bonchev–Trinajstić information content (AvgIpc) is 2.61. The summed E-state index contributed by atoms with van der Waals surface area (Å²) in [5.74, 6) is -0.457. The van der Waals surface area contributed by atoms with Crippen LogP contribution in [0.25, 0.3) is 0 Å². The molecule has 0 aromatic heterocycles. The summed E-state index contributed by atoms with van der Waals surface area (Å²) in [5.41, 5.74) is 0.437. The molecule has 0 saturated heterocycles. The molecular weight excluding hydrogens is 376 g/mol. The summed E-state index contributed by atoms with van der Waals surface area (Å²) in [7, 11) is -3.90. The highest BCUT2D eigenvalue weighted by Gasteiger charge is 2.18. The van der Waals surface area contributed by atoms with E-state index in [9.17, 15) is 18.3 Å². The van der Waals surface area contributed by atoms with Crippen molar-refractivity contribution in [1.29, 1.82) is 0 Å². The van der Waals surface area contributed by atoms with Gasteiger partial charge >= 0.3 is 0 Å². The first-order valence-electron chi connectivity index (χ1n) is 8.04. The number of hydrogen-bond acceptors (Lipinski definition) is 4. The average molecular weight is 397 g/mol. The van der Waals surface area contributed by atoms with E-state index in [1.54, 1.807) is 24.3 Å². The van der Waals surface area contributed by atoms with E-state index >= 15 is 0 Å². The number of carbonyl (C=O) groups excluding carboxylic acids is 1. The van der Waals surface area contributed by atoms with Gasteiger partial charge in [0.15, 0.2) is 0 Å². The predicted molar refractivity (Wildman–Crippen MR) is 102 cm³/mol. The highest BCUT2D eigenvalue weighted by atomic mass is 35.5. The third-order valence-electron chi connectivity index (χ3n) is 3.77. The molecular formula is C18H21ClN2O4S. The summed E-state index contributed by atoms with van der Waals surface area (Å²) in [4.78, 5) is 12.1. The van der Waals surface area contributed by atoms with Crippen molar-refractivity contribution in [3.05, 3.63) is 59.1 Å². The molecule has 6 nitrogen and oxygen atoms in total. The Kier molecular flexibility index (Phi) is 6.63. The number of para-hydroxylation sites is 1. The molecule has 3 N–H and O–H groups in total. The molecule has 0 heterocycles. The van der Waals surface area contributed by atoms with Crippen LogP contribution in [0.2, 0.25) is 5.02 Å². The number of aliphatic hydroxyl groups is 1. The van der Waals surface area contributed by atoms with Crippen LogP contribution in [0.1, 0.15) is 24.2 Å². The predicted octanol–water partition coefficient (Wildman–Crippen LogP) is 2.89. The molecule has 0 aliphatic rings. The van der Waals surface area contributed by atoms with Gasteiger partial charge in [-0.1, -0.05) is 43.6 Å². The number of amides is 1. The number of anilines is 1. The van der Waals surface area contributed by atoms with Crippen LogP contribution < -0.4 is 10.0 Å². The van der Waals surface area contributed by atoms with Crippen molar-refractivity contribution in [3.8, 4) is 0 Å². The van der Waals surface area contributed by atoms with Crippen molar-refractivity contribution in [2.75, 3.05) is 11.3 Å². The molecule has 0 aliphatic heterocycles. The first-order chi connectivity index (χ1) is 12.2. The number of sulfonamides is 1. The second-order valence-corrected chi connectivity index (χ2v) is 8.22. The zero-order valence-corrected chi connectivity index (χ0v) is 16.0. The molecule has 0 fully saturated rings. The minimum absolute atomic E-state index is 0.00170. The van der Waals surface area contributed by atoms with Gasteiger partial charge in [-0.15, -0.1) is 0 Å². The number of halogens is 1. The van der Waals surface area contributed by atoms with E-state index in [1.165, 1.54) is 24.3 Å². The van der Waals surface area contributed by atoms with Crippen molar-refractivity contribution in [3.63, 3.8) is 0 Å². The van der Waals surface area contributed by atoms with Crippen LogP contribution in [0.5, 0.6) is 0 Å². The molecule has 8 heteroatoms.